The molecule has 2 saturated carbocycles. The molecule has 0 amide bonds. The summed E-state index contributed by atoms with van der Waals surface area (Å²) in [5.74, 6) is 2.47. The first-order valence-electron chi connectivity index (χ1n) is 6.26. The molecule has 0 aromatic carbocycles. The van der Waals surface area contributed by atoms with Gasteiger partial charge < -0.3 is 0 Å². The fourth-order valence-electron chi connectivity index (χ4n) is 3.64. The number of allylic oxidation sites excluding steroid dienone is 1. The highest BCUT2D eigenvalue weighted by Gasteiger charge is 2.52. The lowest BCUT2D eigenvalue weighted by atomic mass is 9.74. The lowest BCUT2D eigenvalue weighted by Gasteiger charge is -2.28. The highest BCUT2D eigenvalue weighted by Crippen LogP contribution is 2.55. The van der Waals surface area contributed by atoms with E-state index in [1.807, 2.05) is 6.08 Å². The van der Waals surface area contributed by atoms with E-state index >= 15 is 0 Å². The van der Waals surface area contributed by atoms with Gasteiger partial charge >= 0.3 is 0 Å². The molecule has 0 radical (unpaired) electrons. The van der Waals surface area contributed by atoms with Crippen LogP contribution in [0.4, 0.5) is 0 Å². The summed E-state index contributed by atoms with van der Waals surface area (Å²) in [4.78, 5) is 12.1. The zero-order valence-corrected chi connectivity index (χ0v) is 9.96. The number of rotatable bonds is 2. The number of hydrogen-bond acceptors (Lipinski definition) is 1. The van der Waals surface area contributed by atoms with Crippen molar-refractivity contribution < 1.29 is 4.79 Å². The van der Waals surface area contributed by atoms with E-state index in [0.717, 1.165) is 37.5 Å². The van der Waals surface area contributed by atoms with E-state index in [1.165, 1.54) is 6.42 Å². The molecular formula is C14H22O. The first-order chi connectivity index (χ1) is 7.10. The van der Waals surface area contributed by atoms with Crippen molar-refractivity contribution >= 4 is 5.78 Å². The summed E-state index contributed by atoms with van der Waals surface area (Å²) in [6.07, 6.45) is 7.36. The van der Waals surface area contributed by atoms with E-state index in [1.54, 1.807) is 0 Å². The van der Waals surface area contributed by atoms with Crippen molar-refractivity contribution in [2.75, 3.05) is 0 Å². The number of Topliss-reactive ketones (excluding diaryl/α,β-unsaturated/α-hetero) is 1. The maximum absolute atomic E-state index is 12.1. The summed E-state index contributed by atoms with van der Waals surface area (Å²) in [6.45, 7) is 8.48. The van der Waals surface area contributed by atoms with Gasteiger partial charge in [0, 0.05) is 11.8 Å². The van der Waals surface area contributed by atoms with Crippen molar-refractivity contribution in [3.63, 3.8) is 0 Å². The minimum Gasteiger partial charge on any atom is -0.299 e. The summed E-state index contributed by atoms with van der Waals surface area (Å²) in [7, 11) is 0. The Kier molecular flexibility index (Phi) is 2.74. The van der Waals surface area contributed by atoms with Crippen LogP contribution in [-0.4, -0.2) is 5.78 Å². The maximum atomic E-state index is 12.1. The van der Waals surface area contributed by atoms with Crippen molar-refractivity contribution in [1.82, 2.24) is 0 Å². The predicted molar refractivity (Wildman–Crippen MR) is 62.5 cm³/mol. The van der Waals surface area contributed by atoms with Crippen LogP contribution in [0.3, 0.4) is 0 Å². The second-order valence-electron chi connectivity index (χ2n) is 5.71. The molecule has 1 nitrogen and oxygen atoms in total. The molecule has 1 unspecified atom stereocenters. The third-order valence-electron chi connectivity index (χ3n) is 4.76. The van der Waals surface area contributed by atoms with Crippen LogP contribution in [0.1, 0.15) is 46.0 Å². The van der Waals surface area contributed by atoms with Crippen molar-refractivity contribution in [3.8, 4) is 0 Å². The largest absolute Gasteiger partial charge is 0.299 e. The monoisotopic (exact) mass is 206 g/mol. The Morgan fingerprint density at radius 1 is 1.47 bits per heavy atom. The summed E-state index contributed by atoms with van der Waals surface area (Å²) in [5.41, 5.74) is 0.0106. The topological polar surface area (TPSA) is 17.1 Å². The smallest absolute Gasteiger partial charge is 0.139 e. The van der Waals surface area contributed by atoms with Crippen molar-refractivity contribution in [2.24, 2.45) is 23.2 Å². The van der Waals surface area contributed by atoms with Gasteiger partial charge in [0.1, 0.15) is 5.78 Å². The minimum absolute atomic E-state index is 0.0106. The lowest BCUT2D eigenvalue weighted by molar-refractivity contribution is -0.126. The Bertz CT molecular complexity index is 279. The molecule has 2 aliphatic carbocycles. The Labute approximate surface area is 92.9 Å². The van der Waals surface area contributed by atoms with Crippen LogP contribution in [0.15, 0.2) is 12.7 Å². The first kappa shape index (κ1) is 10.9. The van der Waals surface area contributed by atoms with Gasteiger partial charge in [-0.25, -0.2) is 0 Å². The third-order valence-corrected chi connectivity index (χ3v) is 4.76. The molecular weight excluding hydrogens is 184 g/mol. The molecule has 1 spiro atoms. The van der Waals surface area contributed by atoms with Crippen LogP contribution in [0.5, 0.6) is 0 Å². The SMILES string of the molecule is C=C[C@H]1CCC(=O)[C@@]12CCC(C(C)C)C2. The fourth-order valence-corrected chi connectivity index (χ4v) is 3.64. The first-order valence-corrected chi connectivity index (χ1v) is 6.26. The lowest BCUT2D eigenvalue weighted by Crippen LogP contribution is -2.29. The number of carbonyl (C=O) groups is 1. The average molecular weight is 206 g/mol. The van der Waals surface area contributed by atoms with Gasteiger partial charge in [-0.3, -0.25) is 4.79 Å². The predicted octanol–water partition coefficient (Wildman–Crippen LogP) is 3.59. The molecule has 2 aliphatic rings. The van der Waals surface area contributed by atoms with Crippen LogP contribution in [-0.2, 0) is 4.79 Å². The second kappa shape index (κ2) is 3.77. The van der Waals surface area contributed by atoms with E-state index in [0.29, 0.717) is 11.7 Å². The molecule has 15 heavy (non-hydrogen) atoms. The molecule has 0 aliphatic heterocycles. The van der Waals surface area contributed by atoms with Gasteiger partial charge in [-0.05, 0) is 43.4 Å². The molecule has 2 rings (SSSR count). The Hall–Kier alpha value is -0.590. The van der Waals surface area contributed by atoms with Crippen LogP contribution < -0.4 is 0 Å². The van der Waals surface area contributed by atoms with E-state index < -0.39 is 0 Å². The fraction of sp³-hybridized carbons (Fsp3) is 0.786. The van der Waals surface area contributed by atoms with Gasteiger partial charge in [0.05, 0.1) is 0 Å². The van der Waals surface area contributed by atoms with E-state index in [-0.39, 0.29) is 5.41 Å². The molecule has 0 bridgehead atoms. The van der Waals surface area contributed by atoms with Gasteiger partial charge in [0.15, 0.2) is 0 Å². The van der Waals surface area contributed by atoms with Crippen molar-refractivity contribution in [1.29, 1.82) is 0 Å². The highest BCUT2D eigenvalue weighted by atomic mass is 16.1. The van der Waals surface area contributed by atoms with Crippen LogP contribution in [0.2, 0.25) is 0 Å². The Morgan fingerprint density at radius 2 is 2.20 bits per heavy atom. The summed E-state index contributed by atoms with van der Waals surface area (Å²) >= 11 is 0. The molecule has 3 atom stereocenters. The number of ketones is 1. The molecule has 2 fully saturated rings. The van der Waals surface area contributed by atoms with Gasteiger partial charge in [0.25, 0.3) is 0 Å². The summed E-state index contributed by atoms with van der Waals surface area (Å²) < 4.78 is 0. The second-order valence-corrected chi connectivity index (χ2v) is 5.71. The zero-order chi connectivity index (χ0) is 11.1. The Morgan fingerprint density at radius 3 is 2.73 bits per heavy atom. The van der Waals surface area contributed by atoms with E-state index in [9.17, 15) is 4.79 Å². The highest BCUT2D eigenvalue weighted by molar-refractivity contribution is 5.88. The molecule has 0 saturated heterocycles. The van der Waals surface area contributed by atoms with Gasteiger partial charge in [0.2, 0.25) is 0 Å². The zero-order valence-electron chi connectivity index (χ0n) is 9.96. The molecule has 0 aromatic heterocycles. The minimum atomic E-state index is 0.0106. The molecule has 84 valence electrons. The van der Waals surface area contributed by atoms with Crippen LogP contribution >= 0.6 is 0 Å². The molecule has 0 heterocycles. The molecule has 1 heteroatoms. The average Bonchev–Trinajstić information content (AvgIpc) is 2.75. The standard InChI is InChI=1S/C14H22O/c1-4-12-5-6-13(15)14(12)8-7-11(9-14)10(2)3/h4,10-12H,1,5-9H2,2-3H3/t11?,12-,14+/m0/s1. The van der Waals surface area contributed by atoms with E-state index in [4.69, 9.17) is 0 Å². The van der Waals surface area contributed by atoms with Gasteiger partial charge in [-0.1, -0.05) is 19.9 Å². The molecule has 0 N–H and O–H groups in total. The molecule has 0 aromatic rings. The van der Waals surface area contributed by atoms with Gasteiger partial charge in [-0.2, -0.15) is 0 Å². The number of hydrogen-bond donors (Lipinski definition) is 0. The van der Waals surface area contributed by atoms with Crippen molar-refractivity contribution in [3.05, 3.63) is 12.7 Å². The number of carbonyl (C=O) groups excluding carboxylic acids is 1. The third kappa shape index (κ3) is 1.56. The van der Waals surface area contributed by atoms with Crippen molar-refractivity contribution in [2.45, 2.75) is 46.0 Å². The summed E-state index contributed by atoms with van der Waals surface area (Å²) in [5, 5.41) is 0. The normalized spacial score (nSPS) is 40.6. The Balaban J connectivity index is 2.19. The summed E-state index contributed by atoms with van der Waals surface area (Å²) in [6, 6.07) is 0. The maximum Gasteiger partial charge on any atom is 0.139 e. The quantitative estimate of drug-likeness (QED) is 0.631. The van der Waals surface area contributed by atoms with Crippen LogP contribution in [0, 0.1) is 23.2 Å². The van der Waals surface area contributed by atoms with Crippen LogP contribution in [0.25, 0.3) is 0 Å². The van der Waals surface area contributed by atoms with E-state index in [2.05, 4.69) is 20.4 Å². The van der Waals surface area contributed by atoms with Gasteiger partial charge in [-0.15, -0.1) is 6.58 Å².